The lowest BCUT2D eigenvalue weighted by Gasteiger charge is -2.31. The number of rotatable bonds is 13. The second-order valence-corrected chi connectivity index (χ2v) is 14.0. The van der Waals surface area contributed by atoms with Gasteiger partial charge in [-0.2, -0.15) is 15.2 Å². The first-order chi connectivity index (χ1) is 21.4. The van der Waals surface area contributed by atoms with Crippen molar-refractivity contribution in [2.24, 2.45) is 5.41 Å². The third-order valence-corrected chi connectivity index (χ3v) is 9.09. The summed E-state index contributed by atoms with van der Waals surface area (Å²) < 4.78 is 48.6. The number of carbonyl (C=O) groups is 1. The molecule has 1 aliphatic rings. The molecule has 242 valence electrons. The molecular weight excluding hydrogens is 630 g/mol. The fourth-order valence-corrected chi connectivity index (χ4v) is 6.58. The van der Waals surface area contributed by atoms with Crippen molar-refractivity contribution in [1.29, 1.82) is 0 Å². The molecule has 45 heavy (non-hydrogen) atoms. The van der Waals surface area contributed by atoms with Crippen molar-refractivity contribution in [3.63, 3.8) is 0 Å². The van der Waals surface area contributed by atoms with Crippen molar-refractivity contribution in [3.8, 4) is 0 Å². The summed E-state index contributed by atoms with van der Waals surface area (Å²) in [5.74, 6) is 0.0490. The molecule has 6 atom stereocenters. The summed E-state index contributed by atoms with van der Waals surface area (Å²) in [5.41, 5.74) is 0.354. The third kappa shape index (κ3) is 7.47. The Bertz CT molecular complexity index is 1660. The molecule has 4 heterocycles. The molecule has 2 unspecified atom stereocenters. The molecule has 15 nitrogen and oxygen atoms in total. The first-order valence-corrected chi connectivity index (χ1v) is 16.7. The number of hydrogen-bond acceptors (Lipinski definition) is 12. The van der Waals surface area contributed by atoms with Gasteiger partial charge in [-0.25, -0.2) is 14.5 Å². The molecule has 0 radical (unpaired) electrons. The van der Waals surface area contributed by atoms with Crippen molar-refractivity contribution in [1.82, 2.24) is 45.2 Å². The lowest BCUT2D eigenvalue weighted by molar-refractivity contribution is -0.149. The van der Waals surface area contributed by atoms with Gasteiger partial charge in [-0.3, -0.25) is 13.9 Å². The monoisotopic (exact) mass is 664 g/mol. The molecule has 3 aromatic heterocycles. The number of aromatic nitrogens is 8. The average molecular weight is 665 g/mol. The number of benzene rings is 1. The minimum absolute atomic E-state index is 0.0139. The summed E-state index contributed by atoms with van der Waals surface area (Å²) in [5, 5.41) is 19.8. The molecule has 0 aliphatic carbocycles. The van der Waals surface area contributed by atoms with Gasteiger partial charge in [-0.1, -0.05) is 42.5 Å². The zero-order valence-corrected chi connectivity index (χ0v) is 27.0. The second-order valence-electron chi connectivity index (χ2n) is 11.4. The molecule has 0 saturated carbocycles. The maximum Gasteiger partial charge on any atom is 0.323 e. The van der Waals surface area contributed by atoms with Crippen molar-refractivity contribution in [2.45, 2.75) is 71.3 Å². The minimum atomic E-state index is -3.58. The lowest BCUT2D eigenvalue weighted by Crippen LogP contribution is -2.41. The Labute approximate surface area is 263 Å². The van der Waals surface area contributed by atoms with E-state index in [0.29, 0.717) is 17.9 Å². The van der Waals surface area contributed by atoms with Crippen LogP contribution in [0.25, 0.3) is 11.2 Å². The summed E-state index contributed by atoms with van der Waals surface area (Å²) in [7, 11) is -3.58. The lowest BCUT2D eigenvalue weighted by atomic mass is 9.78. The van der Waals surface area contributed by atoms with E-state index in [1.54, 1.807) is 20.8 Å². The van der Waals surface area contributed by atoms with Crippen molar-refractivity contribution < 1.29 is 27.7 Å². The summed E-state index contributed by atoms with van der Waals surface area (Å²) in [6.45, 7) is 8.09. The fraction of sp³-hybridized carbons (Fsp3) is 0.519. The summed E-state index contributed by atoms with van der Waals surface area (Å²) in [6.07, 6.45) is -2.76. The predicted octanol–water partition coefficient (Wildman–Crippen LogP) is 3.86. The highest BCUT2D eigenvalue weighted by Gasteiger charge is 2.56. The number of fused-ring (bicyclic) bond motifs is 1. The molecule has 1 saturated heterocycles. The number of tetrazole rings is 1. The van der Waals surface area contributed by atoms with E-state index in [0.717, 1.165) is 5.56 Å². The average Bonchev–Trinajstić information content (AvgIpc) is 3.70. The number of ether oxygens (including phenoxy) is 2. The third-order valence-electron chi connectivity index (χ3n) is 7.42. The Morgan fingerprint density at radius 3 is 2.71 bits per heavy atom. The quantitative estimate of drug-likeness (QED) is 0.106. The number of hydrogen-bond donors (Lipinski definition) is 3. The molecule has 1 fully saturated rings. The van der Waals surface area contributed by atoms with Gasteiger partial charge in [0, 0.05) is 25.0 Å². The molecule has 0 bridgehead atoms. The van der Waals surface area contributed by atoms with Gasteiger partial charge in [0.1, 0.15) is 6.04 Å². The van der Waals surface area contributed by atoms with Crippen LogP contribution in [0.15, 0.2) is 36.7 Å². The van der Waals surface area contributed by atoms with E-state index >= 15 is 4.39 Å². The topological polar surface area (TPSA) is 184 Å². The number of imidazole rings is 1. The Balaban J connectivity index is 1.39. The van der Waals surface area contributed by atoms with Crippen molar-refractivity contribution >= 4 is 42.1 Å². The van der Waals surface area contributed by atoms with Crippen LogP contribution in [0.2, 0.25) is 5.28 Å². The number of alkyl halides is 1. The smallest absolute Gasteiger partial charge is 0.323 e. The van der Waals surface area contributed by atoms with Crippen molar-refractivity contribution in [3.05, 3.63) is 53.3 Å². The van der Waals surface area contributed by atoms with Gasteiger partial charge in [0.15, 0.2) is 35.2 Å². The highest BCUT2D eigenvalue weighted by atomic mass is 35.5. The molecule has 1 aromatic carbocycles. The van der Waals surface area contributed by atoms with Crippen LogP contribution < -0.4 is 10.4 Å². The number of aromatic amines is 1. The molecule has 5 rings (SSSR count). The number of nitrogens with one attached hydrogen (secondary N) is 3. The zero-order chi connectivity index (χ0) is 32.4. The standard InChI is InChI=1S/C27H35ClFN10O5P/c1-15(2)43-25(40)16(3)36-45(5,41)42-13-18-27(4,11-19-34-37-38-35-19)21(29)24(44-18)39-14-31-20-22(32-26(28)33-23(20)39)30-12-17-9-7-6-8-10-17/h6-10,14-16,18,21,24H,11-13H2,1-5H3,(H,36,41)(H,30,32,33)(H,34,35,37,38)/t16-,18+,21?,24+,27-,45?/m0/s1. The van der Waals surface area contributed by atoms with E-state index in [9.17, 15) is 9.36 Å². The first kappa shape index (κ1) is 32.8. The maximum absolute atomic E-state index is 16.6. The minimum Gasteiger partial charge on any atom is -0.462 e. The van der Waals surface area contributed by atoms with Gasteiger partial charge in [-0.15, -0.1) is 10.2 Å². The van der Waals surface area contributed by atoms with E-state index < -0.39 is 43.4 Å². The number of anilines is 1. The van der Waals surface area contributed by atoms with Crippen LogP contribution in [-0.2, 0) is 36.3 Å². The van der Waals surface area contributed by atoms with E-state index in [1.807, 2.05) is 30.3 Å². The normalized spacial score (nSPS) is 23.7. The van der Waals surface area contributed by atoms with Crippen LogP contribution in [0.5, 0.6) is 0 Å². The maximum atomic E-state index is 16.6. The predicted molar refractivity (Wildman–Crippen MR) is 162 cm³/mol. The Morgan fingerprint density at radius 1 is 1.27 bits per heavy atom. The second kappa shape index (κ2) is 13.4. The Kier molecular flexibility index (Phi) is 9.80. The number of H-pyrrole nitrogens is 1. The zero-order valence-electron chi connectivity index (χ0n) is 25.3. The van der Waals surface area contributed by atoms with Crippen molar-refractivity contribution in [2.75, 3.05) is 18.6 Å². The highest BCUT2D eigenvalue weighted by Crippen LogP contribution is 2.50. The van der Waals surface area contributed by atoms with Crippen LogP contribution in [-0.4, -0.2) is 83.8 Å². The molecule has 1 aliphatic heterocycles. The number of carbonyl (C=O) groups excluding carboxylic acids is 1. The van der Waals surface area contributed by atoms with Crippen LogP contribution in [0.1, 0.15) is 45.3 Å². The Morgan fingerprint density at radius 2 is 2.02 bits per heavy atom. The SMILES string of the molecule is CC(C)OC(=O)[C@H](C)NP(C)(=O)OC[C@H]1O[C@@H](n2cnc3c(NCc4ccccc4)nc(Cl)nc32)C(F)[C@@]1(C)Cc1nn[nH]n1. The summed E-state index contributed by atoms with van der Waals surface area (Å²) in [6, 6.07) is 8.78. The van der Waals surface area contributed by atoms with Gasteiger partial charge >= 0.3 is 5.97 Å². The van der Waals surface area contributed by atoms with Gasteiger partial charge in [0.05, 0.1) is 25.1 Å². The van der Waals surface area contributed by atoms with E-state index in [4.69, 9.17) is 25.6 Å². The first-order valence-electron chi connectivity index (χ1n) is 14.3. The highest BCUT2D eigenvalue weighted by molar-refractivity contribution is 7.56. The summed E-state index contributed by atoms with van der Waals surface area (Å²) >= 11 is 6.29. The molecule has 4 aromatic rings. The van der Waals surface area contributed by atoms with Crippen LogP contribution in [0, 0.1) is 5.41 Å². The van der Waals surface area contributed by atoms with Gasteiger partial charge in [0.25, 0.3) is 7.52 Å². The largest absolute Gasteiger partial charge is 0.462 e. The molecular formula is C27H35ClFN10O5P. The van der Waals surface area contributed by atoms with E-state index in [1.165, 1.54) is 24.5 Å². The van der Waals surface area contributed by atoms with Gasteiger partial charge in [-0.05, 0) is 37.9 Å². The van der Waals surface area contributed by atoms with Crippen LogP contribution >= 0.6 is 19.1 Å². The number of halogens is 2. The molecule has 0 amide bonds. The number of esters is 1. The molecule has 18 heteroatoms. The van der Waals surface area contributed by atoms with Gasteiger partial charge < -0.3 is 19.3 Å². The van der Waals surface area contributed by atoms with Gasteiger partial charge in [0.2, 0.25) is 5.28 Å². The summed E-state index contributed by atoms with van der Waals surface area (Å²) in [4.78, 5) is 25.3. The fourth-order valence-electron chi connectivity index (χ4n) is 5.11. The molecule has 3 N–H and O–H groups in total. The van der Waals surface area contributed by atoms with Crippen LogP contribution in [0.4, 0.5) is 10.2 Å². The van der Waals surface area contributed by atoms with E-state index in [-0.39, 0.29) is 35.9 Å². The van der Waals surface area contributed by atoms with E-state index in [2.05, 4.69) is 46.0 Å². The number of nitrogens with zero attached hydrogens (tertiary/aromatic N) is 7. The van der Waals surface area contributed by atoms with Crippen LogP contribution in [0.3, 0.4) is 0 Å². The Hall–Kier alpha value is -3.56. The molecule has 0 spiro atoms.